The van der Waals surface area contributed by atoms with E-state index in [4.69, 9.17) is 0 Å². The maximum Gasteiger partial charge on any atom is 0.0964 e. The molecular weight excluding hydrogens is 264 g/mol. The summed E-state index contributed by atoms with van der Waals surface area (Å²) in [4.78, 5) is 5.13. The van der Waals surface area contributed by atoms with Crippen LogP contribution < -0.4 is 5.32 Å². The van der Waals surface area contributed by atoms with Gasteiger partial charge in [-0.3, -0.25) is 14.5 Å². The van der Waals surface area contributed by atoms with E-state index < -0.39 is 0 Å². The van der Waals surface area contributed by atoms with Gasteiger partial charge in [0.1, 0.15) is 0 Å². The molecule has 1 aromatic rings. The zero-order valence-corrected chi connectivity index (χ0v) is 13.8. The third-order valence-corrected chi connectivity index (χ3v) is 4.41. The molecule has 1 atom stereocenters. The zero-order chi connectivity index (χ0) is 15.1. The van der Waals surface area contributed by atoms with Gasteiger partial charge in [0.15, 0.2) is 0 Å². The van der Waals surface area contributed by atoms with Crippen LogP contribution in [0.3, 0.4) is 0 Å². The molecule has 1 aliphatic heterocycles. The Hall–Kier alpha value is -0.980. The maximum absolute atomic E-state index is 4.20. The van der Waals surface area contributed by atoms with E-state index >= 15 is 0 Å². The molecule has 1 N–H and O–H groups in total. The highest BCUT2D eigenvalue weighted by Crippen LogP contribution is 2.08. The van der Waals surface area contributed by atoms with Crippen molar-refractivity contribution in [1.29, 1.82) is 0 Å². The molecule has 0 aromatic carbocycles. The van der Waals surface area contributed by atoms with Gasteiger partial charge < -0.3 is 5.32 Å². The van der Waals surface area contributed by atoms with E-state index in [9.17, 15) is 0 Å². The summed E-state index contributed by atoms with van der Waals surface area (Å²) >= 11 is 0. The number of hydrogen-bond donors (Lipinski definition) is 1. The monoisotopic (exact) mass is 294 g/mol. The van der Waals surface area contributed by atoms with Crippen LogP contribution in [0.15, 0.2) is 6.20 Å². The first kappa shape index (κ1) is 16.4. The molecule has 1 fully saturated rings. The Morgan fingerprint density at radius 1 is 1.19 bits per heavy atom. The van der Waals surface area contributed by atoms with Crippen molar-refractivity contribution in [3.63, 3.8) is 0 Å². The predicted octanol–water partition coefficient (Wildman–Crippen LogP) is 0.804. The van der Waals surface area contributed by atoms with Gasteiger partial charge in [-0.1, -0.05) is 19.1 Å². The number of rotatable bonds is 8. The van der Waals surface area contributed by atoms with Gasteiger partial charge in [0.25, 0.3) is 0 Å². The summed E-state index contributed by atoms with van der Waals surface area (Å²) in [5.74, 6) is 0. The standard InChI is InChI=1S/C15H30N6/c1-4-14(3)20-9-6-19(7-10-20)8-11-21-13-15(17-18-21)12-16-5-2/h13-14,16H,4-12H2,1-3H3. The van der Waals surface area contributed by atoms with Crippen LogP contribution in [-0.2, 0) is 13.1 Å². The van der Waals surface area contributed by atoms with E-state index in [0.29, 0.717) is 0 Å². The Morgan fingerprint density at radius 2 is 1.95 bits per heavy atom. The number of hydrogen-bond acceptors (Lipinski definition) is 5. The average molecular weight is 294 g/mol. The van der Waals surface area contributed by atoms with Crippen molar-refractivity contribution >= 4 is 0 Å². The first-order valence-corrected chi connectivity index (χ1v) is 8.29. The summed E-state index contributed by atoms with van der Waals surface area (Å²) in [7, 11) is 0. The molecule has 0 spiro atoms. The van der Waals surface area contributed by atoms with Crippen molar-refractivity contribution in [3.05, 3.63) is 11.9 Å². The topological polar surface area (TPSA) is 49.2 Å². The van der Waals surface area contributed by atoms with Crippen LogP contribution in [0.5, 0.6) is 0 Å². The minimum absolute atomic E-state index is 0.719. The molecule has 0 radical (unpaired) electrons. The summed E-state index contributed by atoms with van der Waals surface area (Å²) in [5.41, 5.74) is 1.03. The Kier molecular flexibility index (Phi) is 6.60. The molecule has 1 aromatic heterocycles. The molecule has 0 aliphatic carbocycles. The molecule has 0 amide bonds. The van der Waals surface area contributed by atoms with Crippen molar-refractivity contribution in [3.8, 4) is 0 Å². The first-order valence-electron chi connectivity index (χ1n) is 8.29. The molecule has 2 rings (SSSR count). The SMILES string of the molecule is CCNCc1cn(CCN2CCN(C(C)CC)CC2)nn1. The van der Waals surface area contributed by atoms with Crippen molar-refractivity contribution < 1.29 is 0 Å². The highest BCUT2D eigenvalue weighted by Gasteiger charge is 2.19. The summed E-state index contributed by atoms with van der Waals surface area (Å²) in [5, 5.41) is 11.7. The largest absolute Gasteiger partial charge is 0.311 e. The average Bonchev–Trinajstić information content (AvgIpc) is 2.98. The minimum Gasteiger partial charge on any atom is -0.311 e. The fraction of sp³-hybridized carbons (Fsp3) is 0.867. The lowest BCUT2D eigenvalue weighted by atomic mass is 10.2. The Bertz CT molecular complexity index is 397. The number of nitrogens with zero attached hydrogens (tertiary/aromatic N) is 5. The zero-order valence-electron chi connectivity index (χ0n) is 13.8. The Balaban J connectivity index is 1.68. The van der Waals surface area contributed by atoms with Gasteiger partial charge in [0.2, 0.25) is 0 Å². The molecule has 21 heavy (non-hydrogen) atoms. The van der Waals surface area contributed by atoms with Crippen LogP contribution >= 0.6 is 0 Å². The smallest absolute Gasteiger partial charge is 0.0964 e. The van der Waals surface area contributed by atoms with Gasteiger partial charge in [-0.05, 0) is 19.9 Å². The van der Waals surface area contributed by atoms with Crippen LogP contribution in [-0.4, -0.2) is 70.1 Å². The van der Waals surface area contributed by atoms with Crippen molar-refractivity contribution in [2.45, 2.75) is 46.3 Å². The molecule has 6 nitrogen and oxygen atoms in total. The molecular formula is C15H30N6. The van der Waals surface area contributed by atoms with Crippen LogP contribution in [0.1, 0.15) is 32.9 Å². The molecule has 0 bridgehead atoms. The lowest BCUT2D eigenvalue weighted by Crippen LogP contribution is -2.50. The van der Waals surface area contributed by atoms with E-state index in [2.05, 4.69) is 52.4 Å². The second-order valence-corrected chi connectivity index (χ2v) is 5.89. The van der Waals surface area contributed by atoms with Crippen LogP contribution in [0.4, 0.5) is 0 Å². The van der Waals surface area contributed by atoms with Crippen LogP contribution in [0.2, 0.25) is 0 Å². The van der Waals surface area contributed by atoms with E-state index in [0.717, 1.165) is 37.9 Å². The third kappa shape index (κ3) is 5.05. The molecule has 1 unspecified atom stereocenters. The van der Waals surface area contributed by atoms with Gasteiger partial charge in [0, 0.05) is 51.5 Å². The summed E-state index contributed by atoms with van der Waals surface area (Å²) in [6, 6.07) is 0.719. The maximum atomic E-state index is 4.20. The molecule has 0 saturated carbocycles. The number of aromatic nitrogens is 3. The lowest BCUT2D eigenvalue weighted by Gasteiger charge is -2.37. The Morgan fingerprint density at radius 3 is 2.62 bits per heavy atom. The van der Waals surface area contributed by atoms with Gasteiger partial charge in [-0.25, -0.2) is 0 Å². The van der Waals surface area contributed by atoms with Crippen LogP contribution in [0, 0.1) is 0 Å². The Labute approximate surface area is 128 Å². The number of piperazine rings is 1. The highest BCUT2D eigenvalue weighted by molar-refractivity contribution is 4.91. The summed E-state index contributed by atoms with van der Waals surface area (Å²) < 4.78 is 1.97. The van der Waals surface area contributed by atoms with Crippen LogP contribution in [0.25, 0.3) is 0 Å². The lowest BCUT2D eigenvalue weighted by molar-refractivity contribution is 0.0976. The van der Waals surface area contributed by atoms with Crippen molar-refractivity contribution in [1.82, 2.24) is 30.1 Å². The quantitative estimate of drug-likeness (QED) is 0.769. The van der Waals surface area contributed by atoms with Gasteiger partial charge in [-0.15, -0.1) is 5.10 Å². The van der Waals surface area contributed by atoms with E-state index in [1.165, 1.54) is 32.6 Å². The second-order valence-electron chi connectivity index (χ2n) is 5.89. The molecule has 2 heterocycles. The summed E-state index contributed by atoms with van der Waals surface area (Å²) in [6.45, 7) is 15.2. The fourth-order valence-electron chi connectivity index (χ4n) is 2.71. The van der Waals surface area contributed by atoms with Gasteiger partial charge in [-0.2, -0.15) is 0 Å². The second kappa shape index (κ2) is 8.46. The minimum atomic E-state index is 0.719. The van der Waals surface area contributed by atoms with Gasteiger partial charge >= 0.3 is 0 Å². The molecule has 120 valence electrons. The number of nitrogens with one attached hydrogen (secondary N) is 1. The van der Waals surface area contributed by atoms with E-state index in [-0.39, 0.29) is 0 Å². The fourth-order valence-corrected chi connectivity index (χ4v) is 2.71. The normalized spacial score (nSPS) is 19.0. The summed E-state index contributed by atoms with van der Waals surface area (Å²) in [6.07, 6.45) is 3.30. The molecule has 1 saturated heterocycles. The third-order valence-electron chi connectivity index (χ3n) is 4.41. The first-order chi connectivity index (χ1) is 10.2. The molecule has 6 heteroatoms. The molecule has 1 aliphatic rings. The predicted molar refractivity (Wildman–Crippen MR) is 85.2 cm³/mol. The van der Waals surface area contributed by atoms with Crippen molar-refractivity contribution in [2.24, 2.45) is 0 Å². The van der Waals surface area contributed by atoms with E-state index in [1.807, 2.05) is 4.68 Å². The van der Waals surface area contributed by atoms with E-state index in [1.54, 1.807) is 0 Å². The van der Waals surface area contributed by atoms with Gasteiger partial charge in [0.05, 0.1) is 12.2 Å². The van der Waals surface area contributed by atoms with Crippen molar-refractivity contribution in [2.75, 3.05) is 39.3 Å². The highest BCUT2D eigenvalue weighted by atomic mass is 15.4.